The molecule has 2 rings (SSSR count). The molecular weight excluding hydrogens is 370 g/mol. The maximum atomic E-state index is 12.2. The van der Waals surface area contributed by atoms with Crippen molar-refractivity contribution in [1.29, 1.82) is 0 Å². The maximum Gasteiger partial charge on any atom is 0.337 e. The molecule has 28 heavy (non-hydrogen) atoms. The van der Waals surface area contributed by atoms with E-state index in [0.29, 0.717) is 17.7 Å². The standard InChI is InChI=1S/C18H21N3O7/c1-4-18(2)16(25)21(17(26)20-18)9-14(23)28-10-13(22)19-12-7-5-11(6-8-12)15(24)27-3/h5-8H,4,9-10H2,1-3H3,(H,19,22)(H,20,26)/t18-/m0/s1. The highest BCUT2D eigenvalue weighted by Gasteiger charge is 2.47. The molecule has 1 aromatic carbocycles. The number of nitrogens with one attached hydrogen (secondary N) is 2. The Morgan fingerprint density at radius 1 is 1.18 bits per heavy atom. The fourth-order valence-electron chi connectivity index (χ4n) is 2.46. The summed E-state index contributed by atoms with van der Waals surface area (Å²) in [5.74, 6) is -2.53. The van der Waals surface area contributed by atoms with Gasteiger partial charge in [-0.25, -0.2) is 9.59 Å². The van der Waals surface area contributed by atoms with Crippen LogP contribution in [-0.2, 0) is 23.9 Å². The van der Waals surface area contributed by atoms with E-state index >= 15 is 0 Å². The maximum absolute atomic E-state index is 12.2. The molecule has 10 heteroatoms. The predicted octanol–water partition coefficient (Wildman–Crippen LogP) is 0.675. The average Bonchev–Trinajstić information content (AvgIpc) is 2.90. The van der Waals surface area contributed by atoms with Crippen LogP contribution in [0.15, 0.2) is 24.3 Å². The van der Waals surface area contributed by atoms with E-state index in [0.717, 1.165) is 4.90 Å². The van der Waals surface area contributed by atoms with E-state index in [1.807, 2.05) is 0 Å². The molecule has 0 aliphatic carbocycles. The molecule has 0 bridgehead atoms. The minimum atomic E-state index is -1.05. The molecule has 0 aromatic heterocycles. The van der Waals surface area contributed by atoms with Crippen molar-refractivity contribution >= 4 is 35.5 Å². The van der Waals surface area contributed by atoms with E-state index in [-0.39, 0.29) is 0 Å². The van der Waals surface area contributed by atoms with E-state index in [1.54, 1.807) is 13.8 Å². The number of urea groups is 1. The molecule has 0 radical (unpaired) electrons. The zero-order chi connectivity index (χ0) is 20.9. The van der Waals surface area contributed by atoms with Crippen LogP contribution >= 0.6 is 0 Å². The van der Waals surface area contributed by atoms with Gasteiger partial charge in [-0.1, -0.05) is 6.92 Å². The van der Waals surface area contributed by atoms with Gasteiger partial charge in [0, 0.05) is 5.69 Å². The van der Waals surface area contributed by atoms with Gasteiger partial charge in [-0.15, -0.1) is 0 Å². The first kappa shape index (κ1) is 20.9. The first-order chi connectivity index (χ1) is 13.2. The SMILES string of the molecule is CC[C@]1(C)NC(=O)N(CC(=O)OCC(=O)Nc2ccc(C(=O)OC)cc2)C1=O. The summed E-state index contributed by atoms with van der Waals surface area (Å²) in [7, 11) is 1.26. The molecule has 1 aliphatic heterocycles. The highest BCUT2D eigenvalue weighted by Crippen LogP contribution is 2.20. The highest BCUT2D eigenvalue weighted by molar-refractivity contribution is 6.08. The molecule has 2 N–H and O–H groups in total. The molecule has 1 fully saturated rings. The second-order valence-corrected chi connectivity index (χ2v) is 6.28. The Labute approximate surface area is 161 Å². The summed E-state index contributed by atoms with van der Waals surface area (Å²) in [5, 5.41) is 5.00. The second-order valence-electron chi connectivity index (χ2n) is 6.28. The Morgan fingerprint density at radius 2 is 1.82 bits per heavy atom. The largest absolute Gasteiger partial charge is 0.465 e. The van der Waals surface area contributed by atoms with Crippen molar-refractivity contribution in [3.05, 3.63) is 29.8 Å². The van der Waals surface area contributed by atoms with Crippen molar-refractivity contribution in [3.63, 3.8) is 0 Å². The first-order valence-corrected chi connectivity index (χ1v) is 8.48. The highest BCUT2D eigenvalue weighted by atomic mass is 16.5. The van der Waals surface area contributed by atoms with Crippen LogP contribution in [0.5, 0.6) is 0 Å². The number of benzene rings is 1. The number of anilines is 1. The van der Waals surface area contributed by atoms with Gasteiger partial charge in [-0.3, -0.25) is 19.3 Å². The fraction of sp³-hybridized carbons (Fsp3) is 0.389. The van der Waals surface area contributed by atoms with Crippen molar-refractivity contribution in [3.8, 4) is 0 Å². The number of carbonyl (C=O) groups is 5. The second kappa shape index (κ2) is 8.51. The summed E-state index contributed by atoms with van der Waals surface area (Å²) in [6.45, 7) is 2.13. The third-order valence-electron chi connectivity index (χ3n) is 4.29. The van der Waals surface area contributed by atoms with Gasteiger partial charge in [0.25, 0.3) is 11.8 Å². The van der Waals surface area contributed by atoms with E-state index in [4.69, 9.17) is 4.74 Å². The number of rotatable bonds is 7. The topological polar surface area (TPSA) is 131 Å². The van der Waals surface area contributed by atoms with Crippen molar-refractivity contribution in [1.82, 2.24) is 10.2 Å². The molecule has 150 valence electrons. The lowest BCUT2D eigenvalue weighted by atomic mass is 9.99. The van der Waals surface area contributed by atoms with Crippen LogP contribution in [-0.4, -0.2) is 60.5 Å². The van der Waals surface area contributed by atoms with Gasteiger partial charge in [0.2, 0.25) is 0 Å². The number of esters is 2. The summed E-state index contributed by atoms with van der Waals surface area (Å²) in [4.78, 5) is 59.9. The van der Waals surface area contributed by atoms with Crippen LogP contribution in [0, 0.1) is 0 Å². The number of imide groups is 1. The van der Waals surface area contributed by atoms with Crippen molar-refractivity contribution in [2.75, 3.05) is 25.6 Å². The van der Waals surface area contributed by atoms with E-state index in [2.05, 4.69) is 15.4 Å². The molecule has 1 saturated heterocycles. The molecule has 0 unspecified atom stereocenters. The van der Waals surface area contributed by atoms with E-state index in [9.17, 15) is 24.0 Å². The Hall–Kier alpha value is -3.43. The molecule has 1 aromatic rings. The third kappa shape index (κ3) is 4.64. The zero-order valence-electron chi connectivity index (χ0n) is 15.7. The summed E-state index contributed by atoms with van der Waals surface area (Å²) in [5.41, 5.74) is -0.341. The lowest BCUT2D eigenvalue weighted by molar-refractivity contribution is -0.150. The molecule has 1 aliphatic rings. The molecule has 1 atom stereocenters. The van der Waals surface area contributed by atoms with Gasteiger partial charge in [0.05, 0.1) is 12.7 Å². The van der Waals surface area contributed by atoms with Crippen LogP contribution in [0.3, 0.4) is 0 Å². The van der Waals surface area contributed by atoms with Crippen molar-refractivity contribution < 1.29 is 33.4 Å². The normalized spacial score (nSPS) is 18.5. The number of hydrogen-bond donors (Lipinski definition) is 2. The van der Waals surface area contributed by atoms with Gasteiger partial charge in [0.15, 0.2) is 6.61 Å². The summed E-state index contributed by atoms with van der Waals surface area (Å²) >= 11 is 0. The van der Waals surface area contributed by atoms with Crippen LogP contribution in [0.25, 0.3) is 0 Å². The average molecular weight is 391 g/mol. The lowest BCUT2D eigenvalue weighted by Crippen LogP contribution is -2.43. The van der Waals surface area contributed by atoms with Gasteiger partial charge >= 0.3 is 18.0 Å². The van der Waals surface area contributed by atoms with Crippen LogP contribution in [0.4, 0.5) is 10.5 Å². The minimum Gasteiger partial charge on any atom is -0.465 e. The Balaban J connectivity index is 1.83. The zero-order valence-corrected chi connectivity index (χ0v) is 15.7. The molecule has 10 nitrogen and oxygen atoms in total. The molecule has 0 spiro atoms. The van der Waals surface area contributed by atoms with Crippen LogP contribution in [0.2, 0.25) is 0 Å². The quantitative estimate of drug-likeness (QED) is 0.516. The van der Waals surface area contributed by atoms with Crippen molar-refractivity contribution in [2.45, 2.75) is 25.8 Å². The van der Waals surface area contributed by atoms with Crippen LogP contribution in [0.1, 0.15) is 30.6 Å². The van der Waals surface area contributed by atoms with Gasteiger partial charge < -0.3 is 20.1 Å². The van der Waals surface area contributed by atoms with Crippen LogP contribution < -0.4 is 10.6 Å². The predicted molar refractivity (Wildman–Crippen MR) is 96.3 cm³/mol. The molecular formula is C18H21N3O7. The third-order valence-corrected chi connectivity index (χ3v) is 4.29. The van der Waals surface area contributed by atoms with Gasteiger partial charge in [0.1, 0.15) is 12.1 Å². The first-order valence-electron chi connectivity index (χ1n) is 8.48. The molecule has 0 saturated carbocycles. The fourth-order valence-corrected chi connectivity index (χ4v) is 2.46. The number of hydrogen-bond acceptors (Lipinski definition) is 7. The van der Waals surface area contributed by atoms with E-state index < -0.39 is 48.5 Å². The monoisotopic (exact) mass is 391 g/mol. The Morgan fingerprint density at radius 3 is 2.36 bits per heavy atom. The summed E-state index contributed by atoms with van der Waals surface area (Å²) in [6, 6.07) is 5.24. The Kier molecular flexibility index (Phi) is 6.34. The Bertz CT molecular complexity index is 806. The number of nitrogens with zero attached hydrogens (tertiary/aromatic N) is 1. The molecule has 1 heterocycles. The summed E-state index contributed by atoms with van der Waals surface area (Å²) in [6.07, 6.45) is 0.375. The smallest absolute Gasteiger partial charge is 0.337 e. The van der Waals surface area contributed by atoms with Gasteiger partial charge in [-0.2, -0.15) is 0 Å². The van der Waals surface area contributed by atoms with Crippen molar-refractivity contribution in [2.24, 2.45) is 0 Å². The number of carbonyl (C=O) groups excluding carboxylic acids is 5. The van der Waals surface area contributed by atoms with Gasteiger partial charge in [-0.05, 0) is 37.6 Å². The number of amides is 4. The molecule has 4 amide bonds. The number of ether oxygens (including phenoxy) is 2. The summed E-state index contributed by atoms with van der Waals surface area (Å²) < 4.78 is 9.39. The lowest BCUT2D eigenvalue weighted by Gasteiger charge is -2.18. The number of methoxy groups -OCH3 is 1. The minimum absolute atomic E-state index is 0.319. The van der Waals surface area contributed by atoms with E-state index in [1.165, 1.54) is 31.4 Å².